The number of dihydropyridines is 1. The highest BCUT2D eigenvalue weighted by Crippen LogP contribution is 2.46. The van der Waals surface area contributed by atoms with Crippen LogP contribution in [-0.4, -0.2) is 23.3 Å². The lowest BCUT2D eigenvalue weighted by Crippen LogP contribution is -2.38. The minimum atomic E-state index is -0.598. The highest BCUT2D eigenvalue weighted by Gasteiger charge is 2.43. The van der Waals surface area contributed by atoms with Crippen molar-refractivity contribution in [3.63, 3.8) is 0 Å². The number of non-ortho nitro benzene ring substituents is 1. The van der Waals surface area contributed by atoms with Crippen molar-refractivity contribution in [3.8, 4) is 0 Å². The van der Waals surface area contributed by atoms with E-state index in [-0.39, 0.29) is 16.9 Å². The Labute approximate surface area is 182 Å². The number of nitro groups is 1. The number of ether oxygens (including phenoxy) is 1. The molecule has 7 nitrogen and oxygen atoms in total. The molecule has 1 N–H and O–H groups in total. The van der Waals surface area contributed by atoms with E-state index in [9.17, 15) is 19.7 Å². The fourth-order valence-electron chi connectivity index (χ4n) is 4.42. The lowest BCUT2D eigenvalue weighted by molar-refractivity contribution is -0.384. The maximum absolute atomic E-state index is 13.2. The molecule has 0 spiro atoms. The Morgan fingerprint density at radius 1 is 1.23 bits per heavy atom. The summed E-state index contributed by atoms with van der Waals surface area (Å²) in [6, 6.07) is 6.08. The third-order valence-corrected chi connectivity index (χ3v) is 5.88. The molecule has 0 radical (unpaired) electrons. The molecule has 1 atom stereocenters. The number of nitro benzene ring substituents is 1. The van der Waals surface area contributed by atoms with E-state index in [0.717, 1.165) is 25.0 Å². The number of hydrogen-bond donors (Lipinski definition) is 1. The number of Topliss-reactive ketones (excluding diaryl/α,β-unsaturated/α-hetero) is 1. The van der Waals surface area contributed by atoms with Gasteiger partial charge in [0.2, 0.25) is 0 Å². The molecule has 3 rings (SSSR count). The van der Waals surface area contributed by atoms with Crippen molar-refractivity contribution in [1.29, 1.82) is 0 Å². The average molecular weight is 427 g/mol. The van der Waals surface area contributed by atoms with E-state index in [1.165, 1.54) is 12.1 Å². The van der Waals surface area contributed by atoms with E-state index >= 15 is 0 Å². The number of rotatable bonds is 7. The summed E-state index contributed by atoms with van der Waals surface area (Å²) < 4.78 is 5.54. The van der Waals surface area contributed by atoms with Crippen LogP contribution in [0.3, 0.4) is 0 Å². The van der Waals surface area contributed by atoms with Gasteiger partial charge in [0.1, 0.15) is 0 Å². The molecule has 7 heteroatoms. The zero-order valence-electron chi connectivity index (χ0n) is 18.6. The van der Waals surface area contributed by atoms with Crippen molar-refractivity contribution in [2.24, 2.45) is 5.41 Å². The van der Waals surface area contributed by atoms with Crippen molar-refractivity contribution >= 4 is 17.4 Å². The Bertz CT molecular complexity index is 957. The van der Waals surface area contributed by atoms with Gasteiger partial charge in [-0.25, -0.2) is 4.79 Å². The second kappa shape index (κ2) is 9.04. The summed E-state index contributed by atoms with van der Waals surface area (Å²) in [6.45, 7) is 8.32. The Kier molecular flexibility index (Phi) is 6.62. The number of esters is 1. The van der Waals surface area contributed by atoms with Gasteiger partial charge in [-0.1, -0.05) is 45.7 Å². The molecule has 0 fully saturated rings. The summed E-state index contributed by atoms with van der Waals surface area (Å²) in [5.74, 6) is -1.06. The minimum Gasteiger partial charge on any atom is -0.462 e. The number of carbonyl (C=O) groups is 2. The van der Waals surface area contributed by atoms with Gasteiger partial charge in [0, 0.05) is 41.4 Å². The van der Waals surface area contributed by atoms with Crippen LogP contribution >= 0.6 is 0 Å². The molecule has 1 unspecified atom stereocenters. The van der Waals surface area contributed by atoms with Gasteiger partial charge in [-0.3, -0.25) is 14.9 Å². The quantitative estimate of drug-likeness (QED) is 0.287. The van der Waals surface area contributed by atoms with Gasteiger partial charge in [0.05, 0.1) is 17.1 Å². The number of carbonyl (C=O) groups excluding carboxylic acids is 2. The summed E-state index contributed by atoms with van der Waals surface area (Å²) in [5, 5.41) is 14.4. The molecule has 0 bridgehead atoms. The first-order chi connectivity index (χ1) is 14.6. The van der Waals surface area contributed by atoms with Crippen molar-refractivity contribution in [3.05, 3.63) is 62.5 Å². The average Bonchev–Trinajstić information content (AvgIpc) is 2.69. The highest BCUT2D eigenvalue weighted by molar-refractivity contribution is 6.04. The molecular formula is C24H30N2O5. The van der Waals surface area contributed by atoms with E-state index in [4.69, 9.17) is 4.74 Å². The number of ketones is 1. The van der Waals surface area contributed by atoms with Crippen LogP contribution in [0.4, 0.5) is 5.69 Å². The molecule has 0 amide bonds. The number of hydrogen-bond acceptors (Lipinski definition) is 6. The van der Waals surface area contributed by atoms with Gasteiger partial charge in [0.15, 0.2) is 5.78 Å². The molecule has 31 heavy (non-hydrogen) atoms. The highest BCUT2D eigenvalue weighted by atomic mass is 16.6. The Morgan fingerprint density at radius 2 is 1.90 bits per heavy atom. The molecule has 0 saturated heterocycles. The van der Waals surface area contributed by atoms with E-state index in [0.29, 0.717) is 41.9 Å². The lowest BCUT2D eigenvalue weighted by Gasteiger charge is -2.39. The molecular weight excluding hydrogens is 396 g/mol. The van der Waals surface area contributed by atoms with Crippen molar-refractivity contribution < 1.29 is 19.2 Å². The fourth-order valence-corrected chi connectivity index (χ4v) is 4.42. The third kappa shape index (κ3) is 4.86. The minimum absolute atomic E-state index is 0.00844. The van der Waals surface area contributed by atoms with Crippen LogP contribution < -0.4 is 5.32 Å². The molecule has 0 saturated carbocycles. The lowest BCUT2D eigenvalue weighted by atomic mass is 9.68. The third-order valence-electron chi connectivity index (χ3n) is 5.88. The summed E-state index contributed by atoms with van der Waals surface area (Å²) in [4.78, 5) is 36.9. The van der Waals surface area contributed by atoms with E-state index in [1.807, 2.05) is 20.8 Å². The molecule has 0 aromatic heterocycles. The Hall–Kier alpha value is -2.96. The van der Waals surface area contributed by atoms with Crippen molar-refractivity contribution in [2.45, 2.75) is 65.7 Å². The molecule has 2 aliphatic rings. The zero-order valence-corrected chi connectivity index (χ0v) is 18.6. The van der Waals surface area contributed by atoms with Crippen LogP contribution in [0.5, 0.6) is 0 Å². The molecule has 1 aromatic carbocycles. The smallest absolute Gasteiger partial charge is 0.336 e. The summed E-state index contributed by atoms with van der Waals surface area (Å²) in [5.41, 5.74) is 2.91. The van der Waals surface area contributed by atoms with Gasteiger partial charge in [-0.05, 0) is 30.7 Å². The second-order valence-electron chi connectivity index (χ2n) is 9.12. The molecule has 166 valence electrons. The van der Waals surface area contributed by atoms with Crippen LogP contribution in [0.25, 0.3) is 0 Å². The predicted molar refractivity (Wildman–Crippen MR) is 117 cm³/mol. The number of unbranched alkanes of at least 4 members (excludes halogenated alkanes) is 2. The van der Waals surface area contributed by atoms with E-state index in [2.05, 4.69) is 12.2 Å². The van der Waals surface area contributed by atoms with Gasteiger partial charge >= 0.3 is 5.97 Å². The summed E-state index contributed by atoms with van der Waals surface area (Å²) in [6.07, 6.45) is 3.85. The normalized spacial score (nSPS) is 20.3. The number of allylic oxidation sites excluding steroid dienone is 3. The SMILES string of the molecule is CCCCCOC(=O)C1=C(C)NC2=C(C(=O)CC(C)(C)C2)C1c1ccc([N+](=O)[O-])cc1. The van der Waals surface area contributed by atoms with Crippen LogP contribution in [-0.2, 0) is 14.3 Å². The maximum Gasteiger partial charge on any atom is 0.336 e. The van der Waals surface area contributed by atoms with E-state index < -0.39 is 16.8 Å². The summed E-state index contributed by atoms with van der Waals surface area (Å²) >= 11 is 0. The van der Waals surface area contributed by atoms with Crippen molar-refractivity contribution in [2.75, 3.05) is 6.61 Å². The Balaban J connectivity index is 2.03. The first-order valence-corrected chi connectivity index (χ1v) is 10.8. The first kappa shape index (κ1) is 22.7. The second-order valence-corrected chi connectivity index (χ2v) is 9.12. The molecule has 1 aliphatic heterocycles. The van der Waals surface area contributed by atoms with Crippen LogP contribution in [0.1, 0.15) is 71.3 Å². The first-order valence-electron chi connectivity index (χ1n) is 10.8. The molecule has 1 aromatic rings. The van der Waals surface area contributed by atoms with Gasteiger partial charge in [-0.2, -0.15) is 0 Å². The fraction of sp³-hybridized carbons (Fsp3) is 0.500. The Morgan fingerprint density at radius 3 is 2.52 bits per heavy atom. The predicted octanol–water partition coefficient (Wildman–Crippen LogP) is 4.93. The number of nitrogens with zero attached hydrogens (tertiary/aromatic N) is 1. The topological polar surface area (TPSA) is 98.5 Å². The number of nitrogens with one attached hydrogen (secondary N) is 1. The molecule has 1 heterocycles. The van der Waals surface area contributed by atoms with Crippen LogP contribution in [0.2, 0.25) is 0 Å². The van der Waals surface area contributed by atoms with Gasteiger partial charge in [0.25, 0.3) is 5.69 Å². The number of benzene rings is 1. The van der Waals surface area contributed by atoms with Crippen LogP contribution in [0, 0.1) is 15.5 Å². The summed E-state index contributed by atoms with van der Waals surface area (Å²) in [7, 11) is 0. The van der Waals surface area contributed by atoms with Crippen LogP contribution in [0.15, 0.2) is 46.8 Å². The van der Waals surface area contributed by atoms with Gasteiger partial charge < -0.3 is 10.1 Å². The van der Waals surface area contributed by atoms with Gasteiger partial charge in [-0.15, -0.1) is 0 Å². The molecule has 1 aliphatic carbocycles. The largest absolute Gasteiger partial charge is 0.462 e. The maximum atomic E-state index is 13.2. The van der Waals surface area contributed by atoms with E-state index in [1.54, 1.807) is 12.1 Å². The standard InChI is InChI=1S/C24H30N2O5/c1-5-6-7-12-31-23(28)20-15(2)25-18-13-24(3,4)14-19(27)22(18)21(20)16-8-10-17(11-9-16)26(29)30/h8-11,21,25H,5-7,12-14H2,1-4H3. The van der Waals surface area contributed by atoms with Crippen molar-refractivity contribution in [1.82, 2.24) is 5.32 Å². The zero-order chi connectivity index (χ0) is 22.8. The monoisotopic (exact) mass is 426 g/mol.